The first-order valence-electron chi connectivity index (χ1n) is 16.3. The molecule has 0 spiro atoms. The van der Waals surface area contributed by atoms with Crippen LogP contribution in [-0.4, -0.2) is 11.6 Å². The van der Waals surface area contributed by atoms with Gasteiger partial charge < -0.3 is 21.7 Å². The average molecular weight is 763 g/mol. The topological polar surface area (TPSA) is 96.2 Å². The summed E-state index contributed by atoms with van der Waals surface area (Å²) in [6.07, 6.45) is 4.81. The van der Waals surface area contributed by atoms with E-state index >= 15 is 0 Å². The lowest BCUT2D eigenvalue weighted by atomic mass is 9.96. The quantitative estimate of drug-likeness (QED) is 0.146. The summed E-state index contributed by atoms with van der Waals surface area (Å²) in [5, 5.41) is 11.1. The molecule has 6 rings (SSSR count). The van der Waals surface area contributed by atoms with E-state index in [2.05, 4.69) is 57.9 Å². The monoisotopic (exact) mass is 760 g/mol. The van der Waals surface area contributed by atoms with Crippen LogP contribution in [0.4, 0.5) is 28.4 Å². The van der Waals surface area contributed by atoms with Gasteiger partial charge in [-0.3, -0.25) is 9.59 Å². The Bertz CT molecular complexity index is 1870. The zero-order valence-electron chi connectivity index (χ0n) is 28.4. The van der Waals surface area contributed by atoms with Crippen LogP contribution >= 0.6 is 39.1 Å². The number of allylic oxidation sites excluding steroid dienone is 4. The molecule has 0 aromatic heterocycles. The van der Waals surface area contributed by atoms with Gasteiger partial charge in [0.05, 0.1) is 32.8 Å². The second-order valence-corrected chi connectivity index (χ2v) is 13.7. The van der Waals surface area contributed by atoms with Gasteiger partial charge >= 0.3 is 0 Å². The molecular weight excluding hydrogens is 719 g/mol. The first kappa shape index (κ1) is 37.8. The van der Waals surface area contributed by atoms with E-state index in [1.165, 1.54) is 10.0 Å². The van der Waals surface area contributed by atoms with Gasteiger partial charge in [-0.05, 0) is 101 Å². The number of nitrogens with one attached hydrogen (secondary N) is 3. The number of aryl methyl sites for hydroxylation is 2. The SMILES string of the molecule is CC1=C(Nc2cccc(N)c2Cl)CCCC1=O.CC1=C(Nc2cccc(Nc3ccccc3C)c2Cl)CCCC1=O.Cc1ccccc1Br. The van der Waals surface area contributed by atoms with Gasteiger partial charge in [-0.15, -0.1) is 0 Å². The summed E-state index contributed by atoms with van der Waals surface area (Å²) in [5.41, 5.74) is 15.7. The summed E-state index contributed by atoms with van der Waals surface area (Å²) in [4.78, 5) is 23.5. The minimum absolute atomic E-state index is 0.207. The summed E-state index contributed by atoms with van der Waals surface area (Å²) in [6.45, 7) is 7.86. The van der Waals surface area contributed by atoms with Gasteiger partial charge in [-0.1, -0.05) is 87.7 Å². The van der Waals surface area contributed by atoms with Crippen LogP contribution in [0.1, 0.15) is 63.5 Å². The van der Waals surface area contributed by atoms with Crippen molar-refractivity contribution >= 4 is 79.1 Å². The van der Waals surface area contributed by atoms with Crippen molar-refractivity contribution in [1.29, 1.82) is 0 Å². The largest absolute Gasteiger partial charge is 0.397 e. The zero-order valence-corrected chi connectivity index (χ0v) is 31.5. The molecule has 0 fully saturated rings. The molecule has 0 unspecified atom stereocenters. The van der Waals surface area contributed by atoms with Crippen molar-refractivity contribution in [2.75, 3.05) is 21.7 Å². The van der Waals surface area contributed by atoms with Crippen LogP contribution in [0.25, 0.3) is 0 Å². The third-order valence-electron chi connectivity index (χ3n) is 8.49. The maximum atomic E-state index is 11.9. The molecule has 0 heterocycles. The standard InChI is InChI=1S/C20H21ClN2O.C13H15ClN2O.C7H7Br/c1-13-7-3-4-8-15(13)22-17-10-5-11-18(20(17)21)23-16-9-6-12-19(24)14(16)2;1-8-10(5-3-7-12(8)17)16-11-6-2-4-9(15)13(11)14;1-6-4-2-3-5-7(6)8/h3-5,7-8,10-11,22-23H,6,9,12H2,1-2H3;2,4,6,16H,3,5,7,15H2,1H3;2-5H,1H3. The van der Waals surface area contributed by atoms with Crippen LogP contribution in [0, 0.1) is 13.8 Å². The van der Waals surface area contributed by atoms with Gasteiger partial charge in [0.25, 0.3) is 0 Å². The fourth-order valence-corrected chi connectivity index (χ4v) is 6.03. The first-order chi connectivity index (χ1) is 23.5. The lowest BCUT2D eigenvalue weighted by molar-refractivity contribution is -0.116. The van der Waals surface area contributed by atoms with Crippen molar-refractivity contribution in [3.05, 3.63) is 133 Å². The average Bonchev–Trinajstić information content (AvgIpc) is 3.08. The fourth-order valence-electron chi connectivity index (χ4n) is 5.36. The Hall–Kier alpha value is -4.04. The van der Waals surface area contributed by atoms with E-state index in [1.54, 1.807) is 6.07 Å². The van der Waals surface area contributed by atoms with Gasteiger partial charge in [0, 0.05) is 45.5 Å². The van der Waals surface area contributed by atoms with Gasteiger partial charge in [-0.25, -0.2) is 0 Å². The molecular formula is C40H43BrCl2N4O2. The van der Waals surface area contributed by atoms with Crippen LogP contribution in [-0.2, 0) is 9.59 Å². The Labute approximate surface area is 308 Å². The number of ketones is 2. The predicted octanol–water partition coefficient (Wildman–Crippen LogP) is 11.9. The van der Waals surface area contributed by atoms with Crippen LogP contribution < -0.4 is 21.7 Å². The van der Waals surface area contributed by atoms with E-state index in [9.17, 15) is 9.59 Å². The zero-order chi connectivity index (χ0) is 35.5. The molecule has 4 aromatic carbocycles. The highest BCUT2D eigenvalue weighted by Gasteiger charge is 2.19. The third kappa shape index (κ3) is 10.5. The Morgan fingerprint density at radius 1 is 0.551 bits per heavy atom. The van der Waals surface area contributed by atoms with E-state index in [4.69, 9.17) is 28.9 Å². The van der Waals surface area contributed by atoms with Crippen LogP contribution in [0.2, 0.25) is 10.0 Å². The Balaban J connectivity index is 0.000000187. The van der Waals surface area contributed by atoms with Gasteiger partial charge in [-0.2, -0.15) is 0 Å². The smallest absolute Gasteiger partial charge is 0.160 e. The van der Waals surface area contributed by atoms with Gasteiger partial charge in [0.15, 0.2) is 11.6 Å². The summed E-state index contributed by atoms with van der Waals surface area (Å²) in [7, 11) is 0. The molecule has 49 heavy (non-hydrogen) atoms. The summed E-state index contributed by atoms with van der Waals surface area (Å²) in [5.74, 6) is 0.424. The molecule has 0 atom stereocenters. The lowest BCUT2D eigenvalue weighted by Gasteiger charge is -2.20. The van der Waals surface area contributed by atoms with E-state index < -0.39 is 0 Å². The minimum Gasteiger partial charge on any atom is -0.397 e. The Morgan fingerprint density at radius 2 is 1.00 bits per heavy atom. The van der Waals surface area contributed by atoms with Crippen molar-refractivity contribution in [1.82, 2.24) is 0 Å². The molecule has 0 aliphatic heterocycles. The number of hydrogen-bond acceptors (Lipinski definition) is 6. The number of carbonyl (C=O) groups is 2. The molecule has 6 nitrogen and oxygen atoms in total. The summed E-state index contributed by atoms with van der Waals surface area (Å²) in [6, 6.07) is 27.5. The molecule has 2 aliphatic rings. The number of rotatable bonds is 6. The second-order valence-electron chi connectivity index (χ2n) is 12.1. The molecule has 0 bridgehead atoms. The second kappa shape index (κ2) is 18.1. The van der Waals surface area contributed by atoms with E-state index in [0.717, 1.165) is 76.5 Å². The van der Waals surface area contributed by atoms with E-state index in [-0.39, 0.29) is 11.6 Å². The van der Waals surface area contributed by atoms with Gasteiger partial charge in [0.1, 0.15) is 0 Å². The van der Waals surface area contributed by atoms with Crippen molar-refractivity contribution in [3.8, 4) is 0 Å². The number of hydrogen-bond donors (Lipinski definition) is 4. The highest BCUT2D eigenvalue weighted by atomic mass is 79.9. The number of nitrogens with two attached hydrogens (primary N) is 1. The van der Waals surface area contributed by atoms with Crippen LogP contribution in [0.15, 0.2) is 112 Å². The number of benzene rings is 4. The van der Waals surface area contributed by atoms with Crippen molar-refractivity contribution < 1.29 is 9.59 Å². The maximum Gasteiger partial charge on any atom is 0.160 e. The molecule has 5 N–H and O–H groups in total. The van der Waals surface area contributed by atoms with Crippen molar-refractivity contribution in [3.63, 3.8) is 0 Å². The molecule has 0 amide bonds. The third-order valence-corrected chi connectivity index (χ3v) is 10.2. The minimum atomic E-state index is 0.207. The van der Waals surface area contributed by atoms with Crippen LogP contribution in [0.5, 0.6) is 0 Å². The number of Topliss-reactive ketones (excluding diaryl/α,β-unsaturated/α-hetero) is 2. The molecule has 4 aromatic rings. The Kier molecular flexibility index (Phi) is 13.9. The van der Waals surface area contributed by atoms with Gasteiger partial charge in [0.2, 0.25) is 0 Å². The first-order valence-corrected chi connectivity index (χ1v) is 17.9. The molecule has 2 aliphatic carbocycles. The number of anilines is 5. The normalized spacial score (nSPS) is 14.3. The van der Waals surface area contributed by atoms with Crippen molar-refractivity contribution in [2.45, 2.75) is 66.2 Å². The Morgan fingerprint density at radius 3 is 1.51 bits per heavy atom. The fraction of sp³-hybridized carbons (Fsp3) is 0.250. The lowest BCUT2D eigenvalue weighted by Crippen LogP contribution is -2.14. The number of carbonyl (C=O) groups excluding carboxylic acids is 2. The number of halogens is 3. The molecule has 256 valence electrons. The van der Waals surface area contributed by atoms with Crippen LogP contribution in [0.3, 0.4) is 0 Å². The molecule has 9 heteroatoms. The number of para-hydroxylation sites is 1. The number of nitrogen functional groups attached to an aromatic ring is 1. The highest BCUT2D eigenvalue weighted by Crippen LogP contribution is 2.35. The molecule has 0 radical (unpaired) electrons. The highest BCUT2D eigenvalue weighted by molar-refractivity contribution is 9.10. The van der Waals surface area contributed by atoms with E-state index in [0.29, 0.717) is 28.6 Å². The summed E-state index contributed by atoms with van der Waals surface area (Å²) < 4.78 is 1.18. The van der Waals surface area contributed by atoms with Crippen molar-refractivity contribution in [2.24, 2.45) is 0 Å². The predicted molar refractivity (Wildman–Crippen MR) is 211 cm³/mol. The molecule has 0 saturated heterocycles. The summed E-state index contributed by atoms with van der Waals surface area (Å²) >= 11 is 16.1. The molecule has 0 saturated carbocycles. The van der Waals surface area contributed by atoms with E-state index in [1.807, 2.05) is 80.6 Å². The maximum absolute atomic E-state index is 11.9.